The third-order valence-corrected chi connectivity index (χ3v) is 3.71. The number of nitrogens with two attached hydrogens (primary N) is 1. The van der Waals surface area contributed by atoms with E-state index < -0.39 is 0 Å². The Bertz CT molecular complexity index is 362. The zero-order chi connectivity index (χ0) is 12.3. The molecule has 4 nitrogen and oxygen atoms in total. The van der Waals surface area contributed by atoms with Crippen LogP contribution in [0.15, 0.2) is 5.38 Å². The van der Waals surface area contributed by atoms with Gasteiger partial charge in [-0.1, -0.05) is 13.8 Å². The SMILES string of the molecule is CC(C)C(C)N(C)C(=O)c1csc(CN)n1. The summed E-state index contributed by atoms with van der Waals surface area (Å²) in [6, 6.07) is 0.204. The molecule has 0 aromatic carbocycles. The second kappa shape index (κ2) is 5.41. The van der Waals surface area contributed by atoms with Crippen LogP contribution in [0.25, 0.3) is 0 Å². The maximum Gasteiger partial charge on any atom is 0.273 e. The van der Waals surface area contributed by atoms with Crippen molar-refractivity contribution in [2.45, 2.75) is 33.4 Å². The van der Waals surface area contributed by atoms with Gasteiger partial charge in [-0.15, -0.1) is 11.3 Å². The van der Waals surface area contributed by atoms with E-state index in [0.717, 1.165) is 5.01 Å². The van der Waals surface area contributed by atoms with Crippen LogP contribution in [-0.2, 0) is 6.54 Å². The molecule has 1 rings (SSSR count). The number of thiazole rings is 1. The Morgan fingerprint density at radius 1 is 1.56 bits per heavy atom. The lowest BCUT2D eigenvalue weighted by Crippen LogP contribution is -2.38. The number of hydrogen-bond donors (Lipinski definition) is 1. The van der Waals surface area contributed by atoms with Crippen LogP contribution in [-0.4, -0.2) is 28.9 Å². The van der Waals surface area contributed by atoms with Crippen molar-refractivity contribution in [1.82, 2.24) is 9.88 Å². The minimum atomic E-state index is -0.0304. The average molecular weight is 241 g/mol. The number of hydrogen-bond acceptors (Lipinski definition) is 4. The summed E-state index contributed by atoms with van der Waals surface area (Å²) >= 11 is 1.43. The van der Waals surface area contributed by atoms with Gasteiger partial charge in [0.05, 0.1) is 0 Å². The van der Waals surface area contributed by atoms with E-state index in [4.69, 9.17) is 5.73 Å². The highest BCUT2D eigenvalue weighted by atomic mass is 32.1. The average Bonchev–Trinajstić information content (AvgIpc) is 2.74. The molecule has 0 saturated heterocycles. The highest BCUT2D eigenvalue weighted by Crippen LogP contribution is 2.14. The van der Waals surface area contributed by atoms with Crippen molar-refractivity contribution >= 4 is 17.2 Å². The molecule has 0 bridgehead atoms. The van der Waals surface area contributed by atoms with Crippen molar-refractivity contribution in [3.05, 3.63) is 16.1 Å². The fourth-order valence-electron chi connectivity index (χ4n) is 1.32. The standard InChI is InChI=1S/C11H19N3OS/c1-7(2)8(3)14(4)11(15)9-6-16-10(5-12)13-9/h6-8H,5,12H2,1-4H3. The monoisotopic (exact) mass is 241 g/mol. The summed E-state index contributed by atoms with van der Waals surface area (Å²) in [5.74, 6) is 0.402. The van der Waals surface area contributed by atoms with Gasteiger partial charge in [0.25, 0.3) is 5.91 Å². The number of rotatable bonds is 4. The van der Waals surface area contributed by atoms with Crippen LogP contribution in [0.1, 0.15) is 36.3 Å². The van der Waals surface area contributed by atoms with Crippen LogP contribution < -0.4 is 5.73 Å². The van der Waals surface area contributed by atoms with E-state index in [2.05, 4.69) is 18.8 Å². The quantitative estimate of drug-likeness (QED) is 0.873. The smallest absolute Gasteiger partial charge is 0.273 e. The van der Waals surface area contributed by atoms with Crippen molar-refractivity contribution in [3.63, 3.8) is 0 Å². The van der Waals surface area contributed by atoms with E-state index in [9.17, 15) is 4.79 Å². The van der Waals surface area contributed by atoms with Gasteiger partial charge in [-0.05, 0) is 12.8 Å². The van der Waals surface area contributed by atoms with E-state index in [0.29, 0.717) is 18.2 Å². The number of nitrogens with zero attached hydrogens (tertiary/aromatic N) is 2. The first-order chi connectivity index (χ1) is 7.47. The van der Waals surface area contributed by atoms with Gasteiger partial charge in [0, 0.05) is 25.0 Å². The zero-order valence-electron chi connectivity index (χ0n) is 10.2. The summed E-state index contributed by atoms with van der Waals surface area (Å²) in [5, 5.41) is 2.57. The zero-order valence-corrected chi connectivity index (χ0v) is 11.0. The summed E-state index contributed by atoms with van der Waals surface area (Å²) < 4.78 is 0. The molecule has 90 valence electrons. The van der Waals surface area contributed by atoms with Gasteiger partial charge in [-0.25, -0.2) is 4.98 Å². The van der Waals surface area contributed by atoms with Crippen molar-refractivity contribution in [2.75, 3.05) is 7.05 Å². The van der Waals surface area contributed by atoms with Gasteiger partial charge >= 0.3 is 0 Å². The molecule has 0 radical (unpaired) electrons. The minimum absolute atomic E-state index is 0.0304. The Morgan fingerprint density at radius 2 is 2.19 bits per heavy atom. The first-order valence-corrected chi connectivity index (χ1v) is 6.27. The molecule has 0 saturated carbocycles. The molecule has 0 fully saturated rings. The van der Waals surface area contributed by atoms with Crippen LogP contribution in [0.4, 0.5) is 0 Å². The lowest BCUT2D eigenvalue weighted by atomic mass is 10.1. The third kappa shape index (κ3) is 2.80. The topological polar surface area (TPSA) is 59.2 Å². The predicted octanol–water partition coefficient (Wildman–Crippen LogP) is 1.72. The summed E-state index contributed by atoms with van der Waals surface area (Å²) in [6.45, 7) is 6.63. The van der Waals surface area contributed by atoms with Crippen molar-refractivity contribution in [2.24, 2.45) is 11.7 Å². The molecule has 1 aromatic heterocycles. The second-order valence-electron chi connectivity index (χ2n) is 4.23. The van der Waals surface area contributed by atoms with Crippen LogP contribution in [0.5, 0.6) is 0 Å². The molecule has 1 heterocycles. The van der Waals surface area contributed by atoms with Crippen molar-refractivity contribution in [1.29, 1.82) is 0 Å². The molecule has 1 aromatic rings. The van der Waals surface area contributed by atoms with Gasteiger partial charge in [0.2, 0.25) is 0 Å². The van der Waals surface area contributed by atoms with Gasteiger partial charge < -0.3 is 10.6 Å². The van der Waals surface area contributed by atoms with Gasteiger partial charge in [0.15, 0.2) is 0 Å². The van der Waals surface area contributed by atoms with E-state index in [1.54, 1.807) is 10.3 Å². The van der Waals surface area contributed by atoms with Crippen molar-refractivity contribution < 1.29 is 4.79 Å². The second-order valence-corrected chi connectivity index (χ2v) is 5.17. The van der Waals surface area contributed by atoms with E-state index in [-0.39, 0.29) is 11.9 Å². The molecule has 1 unspecified atom stereocenters. The van der Waals surface area contributed by atoms with Crippen LogP contribution >= 0.6 is 11.3 Å². The largest absolute Gasteiger partial charge is 0.337 e. The van der Waals surface area contributed by atoms with Crippen LogP contribution in [0.2, 0.25) is 0 Å². The fraction of sp³-hybridized carbons (Fsp3) is 0.636. The van der Waals surface area contributed by atoms with E-state index >= 15 is 0 Å². The number of carbonyl (C=O) groups excluding carboxylic acids is 1. The Balaban J connectivity index is 2.77. The Morgan fingerprint density at radius 3 is 2.62 bits per heavy atom. The van der Waals surface area contributed by atoms with E-state index in [1.807, 2.05) is 14.0 Å². The molecule has 5 heteroatoms. The third-order valence-electron chi connectivity index (χ3n) is 2.84. The number of amides is 1. The molecular formula is C11H19N3OS. The summed E-state index contributed by atoms with van der Waals surface area (Å²) in [7, 11) is 1.81. The lowest BCUT2D eigenvalue weighted by molar-refractivity contribution is 0.0702. The lowest BCUT2D eigenvalue weighted by Gasteiger charge is -2.27. The molecule has 0 aliphatic heterocycles. The van der Waals surface area contributed by atoms with E-state index in [1.165, 1.54) is 11.3 Å². The van der Waals surface area contributed by atoms with Gasteiger partial charge in [0.1, 0.15) is 10.7 Å². The van der Waals surface area contributed by atoms with Gasteiger partial charge in [-0.2, -0.15) is 0 Å². The molecule has 0 spiro atoms. The van der Waals surface area contributed by atoms with Crippen molar-refractivity contribution in [3.8, 4) is 0 Å². The summed E-state index contributed by atoms with van der Waals surface area (Å²) in [4.78, 5) is 18.0. The first kappa shape index (κ1) is 13.1. The highest BCUT2D eigenvalue weighted by Gasteiger charge is 2.21. The summed E-state index contributed by atoms with van der Waals surface area (Å²) in [5.41, 5.74) is 5.97. The molecule has 1 amide bonds. The Kier molecular flexibility index (Phi) is 4.44. The predicted molar refractivity (Wildman–Crippen MR) is 66.4 cm³/mol. The first-order valence-electron chi connectivity index (χ1n) is 5.39. The Labute approximate surface area is 100 Å². The molecular weight excluding hydrogens is 222 g/mol. The number of carbonyl (C=O) groups is 1. The maximum absolute atomic E-state index is 12.0. The molecule has 0 aliphatic carbocycles. The van der Waals surface area contributed by atoms with Gasteiger partial charge in [-0.3, -0.25) is 4.79 Å². The normalized spacial score (nSPS) is 12.9. The van der Waals surface area contributed by atoms with Crippen LogP contribution in [0, 0.1) is 5.92 Å². The molecule has 2 N–H and O–H groups in total. The molecule has 0 aliphatic rings. The highest BCUT2D eigenvalue weighted by molar-refractivity contribution is 7.09. The molecule has 1 atom stereocenters. The number of aromatic nitrogens is 1. The van der Waals surface area contributed by atoms with Crippen LogP contribution in [0.3, 0.4) is 0 Å². The molecule has 16 heavy (non-hydrogen) atoms. The summed E-state index contributed by atoms with van der Waals surface area (Å²) in [6.07, 6.45) is 0. The minimum Gasteiger partial charge on any atom is -0.337 e. The fourth-order valence-corrected chi connectivity index (χ4v) is 1.96. The maximum atomic E-state index is 12.0. The Hall–Kier alpha value is -0.940.